The minimum atomic E-state index is -1.00. The second-order valence-corrected chi connectivity index (χ2v) is 3.93. The van der Waals surface area contributed by atoms with Gasteiger partial charge in [0.2, 0.25) is 5.79 Å². The SMILES string of the molecule is OC12OC1C=CC1=C2c2ccccc21. The zero-order valence-corrected chi connectivity index (χ0v) is 7.40. The van der Waals surface area contributed by atoms with E-state index in [0.717, 1.165) is 16.7 Å². The molecule has 1 aromatic rings. The van der Waals surface area contributed by atoms with E-state index in [1.807, 2.05) is 30.4 Å². The first kappa shape index (κ1) is 6.98. The van der Waals surface area contributed by atoms with Gasteiger partial charge in [0.15, 0.2) is 0 Å². The Labute approximate surface area is 81.1 Å². The third-order valence-corrected chi connectivity index (χ3v) is 3.19. The maximum absolute atomic E-state index is 10.1. The average molecular weight is 184 g/mol. The van der Waals surface area contributed by atoms with Crippen LogP contribution in [0.5, 0.6) is 0 Å². The van der Waals surface area contributed by atoms with Crippen LogP contribution >= 0.6 is 0 Å². The highest BCUT2D eigenvalue weighted by atomic mass is 16.7. The third kappa shape index (κ3) is 0.567. The molecule has 0 saturated carbocycles. The molecule has 2 atom stereocenters. The number of allylic oxidation sites excluding steroid dienone is 2. The van der Waals surface area contributed by atoms with E-state index < -0.39 is 5.79 Å². The summed E-state index contributed by atoms with van der Waals surface area (Å²) < 4.78 is 5.27. The maximum Gasteiger partial charge on any atom is 0.225 e. The van der Waals surface area contributed by atoms with E-state index in [0.29, 0.717) is 0 Å². The smallest absolute Gasteiger partial charge is 0.225 e. The summed E-state index contributed by atoms with van der Waals surface area (Å²) in [6.07, 6.45) is 3.85. The quantitative estimate of drug-likeness (QED) is 0.621. The van der Waals surface area contributed by atoms with Crippen LogP contribution in [-0.4, -0.2) is 17.0 Å². The largest absolute Gasteiger partial charge is 0.359 e. The van der Waals surface area contributed by atoms with Crippen molar-refractivity contribution in [1.82, 2.24) is 0 Å². The maximum atomic E-state index is 10.1. The van der Waals surface area contributed by atoms with Gasteiger partial charge in [0, 0.05) is 5.57 Å². The van der Waals surface area contributed by atoms with Crippen molar-refractivity contribution in [3.63, 3.8) is 0 Å². The molecule has 0 amide bonds. The number of fused-ring (bicyclic) bond motifs is 5. The Morgan fingerprint density at radius 1 is 1.21 bits per heavy atom. The van der Waals surface area contributed by atoms with E-state index in [2.05, 4.69) is 6.07 Å². The predicted octanol–water partition coefficient (Wildman–Crippen LogP) is 1.57. The van der Waals surface area contributed by atoms with Crippen LogP contribution in [0.4, 0.5) is 0 Å². The second kappa shape index (κ2) is 1.85. The van der Waals surface area contributed by atoms with Gasteiger partial charge >= 0.3 is 0 Å². The van der Waals surface area contributed by atoms with Crippen molar-refractivity contribution >= 4 is 11.1 Å². The fourth-order valence-electron chi connectivity index (χ4n) is 2.43. The average Bonchev–Trinajstić information content (AvgIpc) is 2.82. The molecule has 4 rings (SSSR count). The van der Waals surface area contributed by atoms with Gasteiger partial charge in [0.25, 0.3) is 0 Å². The topological polar surface area (TPSA) is 32.8 Å². The summed E-state index contributed by atoms with van der Waals surface area (Å²) in [4.78, 5) is 0. The molecule has 0 spiro atoms. The summed E-state index contributed by atoms with van der Waals surface area (Å²) in [6.45, 7) is 0. The van der Waals surface area contributed by atoms with Crippen molar-refractivity contribution in [2.75, 3.05) is 0 Å². The molecule has 1 fully saturated rings. The lowest BCUT2D eigenvalue weighted by atomic mass is 9.74. The van der Waals surface area contributed by atoms with Crippen molar-refractivity contribution in [3.05, 3.63) is 47.5 Å². The molecule has 14 heavy (non-hydrogen) atoms. The van der Waals surface area contributed by atoms with Crippen molar-refractivity contribution in [2.24, 2.45) is 0 Å². The van der Waals surface area contributed by atoms with Gasteiger partial charge in [0.05, 0.1) is 0 Å². The number of aliphatic hydroxyl groups is 1. The van der Waals surface area contributed by atoms with Crippen LogP contribution in [-0.2, 0) is 4.74 Å². The first-order chi connectivity index (χ1) is 6.81. The van der Waals surface area contributed by atoms with Gasteiger partial charge in [-0.05, 0) is 22.8 Å². The molecule has 1 aromatic carbocycles. The molecule has 2 aliphatic carbocycles. The van der Waals surface area contributed by atoms with Crippen LogP contribution in [0.3, 0.4) is 0 Å². The highest BCUT2D eigenvalue weighted by molar-refractivity contribution is 6.11. The number of epoxide rings is 1. The van der Waals surface area contributed by atoms with Gasteiger partial charge in [0.1, 0.15) is 6.10 Å². The second-order valence-electron chi connectivity index (χ2n) is 3.93. The fourth-order valence-corrected chi connectivity index (χ4v) is 2.43. The summed E-state index contributed by atoms with van der Waals surface area (Å²) in [5, 5.41) is 10.1. The normalized spacial score (nSPS) is 35.6. The Morgan fingerprint density at radius 3 is 2.86 bits per heavy atom. The van der Waals surface area contributed by atoms with Crippen molar-refractivity contribution in [1.29, 1.82) is 0 Å². The number of benzene rings is 1. The molecule has 2 nitrogen and oxygen atoms in total. The van der Waals surface area contributed by atoms with Crippen LogP contribution in [0, 0.1) is 0 Å². The Bertz CT molecular complexity index is 513. The molecule has 1 aliphatic heterocycles. The zero-order chi connectivity index (χ0) is 9.34. The summed E-state index contributed by atoms with van der Waals surface area (Å²) in [5.74, 6) is -1.00. The Morgan fingerprint density at radius 2 is 2.00 bits per heavy atom. The summed E-state index contributed by atoms with van der Waals surface area (Å²) in [6, 6.07) is 8.11. The van der Waals surface area contributed by atoms with E-state index in [1.165, 1.54) is 5.56 Å². The van der Waals surface area contributed by atoms with Crippen LogP contribution in [0.2, 0.25) is 0 Å². The first-order valence-electron chi connectivity index (χ1n) is 4.73. The molecule has 1 heterocycles. The molecule has 68 valence electrons. The lowest BCUT2D eigenvalue weighted by Gasteiger charge is -2.29. The standard InChI is InChI=1S/C12H8O2/c13-12-10(14-12)6-5-9-7-3-1-2-4-8(7)11(9)12/h1-6,10,13H. The Hall–Kier alpha value is -1.38. The molecule has 0 radical (unpaired) electrons. The molecule has 1 saturated heterocycles. The van der Waals surface area contributed by atoms with E-state index in [9.17, 15) is 5.11 Å². The molecule has 0 aromatic heterocycles. The molecule has 0 bridgehead atoms. The van der Waals surface area contributed by atoms with Crippen LogP contribution in [0.15, 0.2) is 36.4 Å². The minimum absolute atomic E-state index is 0.116. The minimum Gasteiger partial charge on any atom is -0.359 e. The van der Waals surface area contributed by atoms with Crippen molar-refractivity contribution in [2.45, 2.75) is 11.9 Å². The highest BCUT2D eigenvalue weighted by Gasteiger charge is 2.61. The van der Waals surface area contributed by atoms with Gasteiger partial charge in [-0.1, -0.05) is 30.3 Å². The lowest BCUT2D eigenvalue weighted by Crippen LogP contribution is -2.25. The predicted molar refractivity (Wildman–Crippen MR) is 52.2 cm³/mol. The van der Waals surface area contributed by atoms with Gasteiger partial charge in [-0.15, -0.1) is 0 Å². The molecule has 3 aliphatic rings. The number of ether oxygens (including phenoxy) is 1. The van der Waals surface area contributed by atoms with Crippen LogP contribution < -0.4 is 0 Å². The molecule has 2 unspecified atom stereocenters. The number of rotatable bonds is 0. The van der Waals surface area contributed by atoms with E-state index in [1.54, 1.807) is 0 Å². The van der Waals surface area contributed by atoms with Crippen molar-refractivity contribution < 1.29 is 9.84 Å². The summed E-state index contributed by atoms with van der Waals surface area (Å²) >= 11 is 0. The van der Waals surface area contributed by atoms with Gasteiger partial charge < -0.3 is 9.84 Å². The lowest BCUT2D eigenvalue weighted by molar-refractivity contribution is 0.0918. The molecule has 2 heteroatoms. The van der Waals surface area contributed by atoms with Crippen LogP contribution in [0.25, 0.3) is 11.1 Å². The zero-order valence-electron chi connectivity index (χ0n) is 7.40. The van der Waals surface area contributed by atoms with Gasteiger partial charge in [-0.25, -0.2) is 0 Å². The van der Waals surface area contributed by atoms with Gasteiger partial charge in [-0.3, -0.25) is 0 Å². The molecular weight excluding hydrogens is 176 g/mol. The third-order valence-electron chi connectivity index (χ3n) is 3.19. The van der Waals surface area contributed by atoms with E-state index >= 15 is 0 Å². The van der Waals surface area contributed by atoms with Crippen molar-refractivity contribution in [3.8, 4) is 0 Å². The highest BCUT2D eigenvalue weighted by Crippen LogP contribution is 2.58. The number of hydrogen-bond acceptors (Lipinski definition) is 2. The monoisotopic (exact) mass is 184 g/mol. The Kier molecular flexibility index (Phi) is 0.923. The summed E-state index contributed by atoms with van der Waals surface area (Å²) in [5.41, 5.74) is 4.47. The summed E-state index contributed by atoms with van der Waals surface area (Å²) in [7, 11) is 0. The molecule has 1 N–H and O–H groups in total. The van der Waals surface area contributed by atoms with Gasteiger partial charge in [-0.2, -0.15) is 0 Å². The van der Waals surface area contributed by atoms with E-state index in [4.69, 9.17) is 4.74 Å². The molecular formula is C12H8O2. The number of hydrogen-bond donors (Lipinski definition) is 1. The van der Waals surface area contributed by atoms with Crippen LogP contribution in [0.1, 0.15) is 11.1 Å². The fraction of sp³-hybridized carbons (Fsp3) is 0.167. The first-order valence-corrected chi connectivity index (χ1v) is 4.73. The van der Waals surface area contributed by atoms with E-state index in [-0.39, 0.29) is 6.10 Å². The Balaban J connectivity index is 1.99.